The minimum atomic E-state index is -0.899. The number of carbonyl (C=O) groups is 1. The summed E-state index contributed by atoms with van der Waals surface area (Å²) in [6, 6.07) is 3.71. The lowest BCUT2D eigenvalue weighted by atomic mass is 10.1. The van der Waals surface area contributed by atoms with Crippen LogP contribution in [0.2, 0.25) is 0 Å². The van der Waals surface area contributed by atoms with Crippen molar-refractivity contribution >= 4 is 16.7 Å². The van der Waals surface area contributed by atoms with E-state index in [0.29, 0.717) is 24.3 Å². The van der Waals surface area contributed by atoms with Gasteiger partial charge in [0.2, 0.25) is 0 Å². The lowest BCUT2D eigenvalue weighted by Crippen LogP contribution is -2.26. The van der Waals surface area contributed by atoms with Gasteiger partial charge < -0.3 is 10.4 Å². The van der Waals surface area contributed by atoms with Gasteiger partial charge in [-0.3, -0.25) is 9.00 Å². The van der Waals surface area contributed by atoms with Crippen LogP contribution < -0.4 is 5.32 Å². The number of amides is 1. The summed E-state index contributed by atoms with van der Waals surface area (Å²) in [6.07, 6.45) is 2.18. The fourth-order valence-corrected chi connectivity index (χ4v) is 2.07. The molecule has 0 saturated carbocycles. The van der Waals surface area contributed by atoms with Crippen molar-refractivity contribution in [1.82, 2.24) is 5.32 Å². The molecule has 1 rings (SSSR count). The van der Waals surface area contributed by atoms with Gasteiger partial charge in [0.05, 0.1) is 5.56 Å². The fraction of sp³-hybridized carbons (Fsp3) is 0.357. The molecule has 0 saturated heterocycles. The molecular formula is C14H16FNO3S. The highest BCUT2D eigenvalue weighted by Crippen LogP contribution is 2.10. The predicted molar refractivity (Wildman–Crippen MR) is 76.2 cm³/mol. The highest BCUT2D eigenvalue weighted by molar-refractivity contribution is 7.84. The Hall–Kier alpha value is -1.71. The molecule has 0 fully saturated rings. The highest BCUT2D eigenvalue weighted by atomic mass is 32.2. The monoisotopic (exact) mass is 297 g/mol. The van der Waals surface area contributed by atoms with E-state index in [4.69, 9.17) is 5.11 Å². The van der Waals surface area contributed by atoms with Crippen molar-refractivity contribution in [1.29, 1.82) is 0 Å². The quantitative estimate of drug-likeness (QED) is 0.620. The molecule has 1 aromatic rings. The number of hydrogen-bond acceptors (Lipinski definition) is 3. The van der Waals surface area contributed by atoms with Crippen molar-refractivity contribution < 1.29 is 18.5 Å². The zero-order chi connectivity index (χ0) is 15.0. The van der Waals surface area contributed by atoms with E-state index in [2.05, 4.69) is 17.2 Å². The molecule has 1 unspecified atom stereocenters. The van der Waals surface area contributed by atoms with Gasteiger partial charge in [0.15, 0.2) is 0 Å². The molecule has 0 aliphatic heterocycles. The normalized spacial score (nSPS) is 11.3. The summed E-state index contributed by atoms with van der Waals surface area (Å²) in [7, 11) is -0.899. The van der Waals surface area contributed by atoms with Crippen LogP contribution in [0.3, 0.4) is 0 Å². The van der Waals surface area contributed by atoms with Crippen molar-refractivity contribution in [2.75, 3.05) is 25.2 Å². The van der Waals surface area contributed by atoms with E-state index in [1.165, 1.54) is 12.1 Å². The van der Waals surface area contributed by atoms with E-state index in [1.54, 1.807) is 6.26 Å². The molecule has 0 aromatic heterocycles. The molecule has 6 heteroatoms. The average molecular weight is 297 g/mol. The summed E-state index contributed by atoms with van der Waals surface area (Å²) in [4.78, 5) is 11.9. The van der Waals surface area contributed by atoms with Crippen LogP contribution in [0, 0.1) is 17.7 Å². The van der Waals surface area contributed by atoms with E-state index in [1.807, 2.05) is 0 Å². The molecule has 1 aromatic carbocycles. The number of nitrogens with one attached hydrogen (secondary N) is 1. The average Bonchev–Trinajstić information content (AvgIpc) is 2.41. The van der Waals surface area contributed by atoms with Crippen molar-refractivity contribution in [2.45, 2.75) is 6.42 Å². The zero-order valence-electron chi connectivity index (χ0n) is 11.1. The summed E-state index contributed by atoms with van der Waals surface area (Å²) in [5.41, 5.74) is 0.487. The second kappa shape index (κ2) is 8.46. The van der Waals surface area contributed by atoms with Crippen LogP contribution in [0.25, 0.3) is 0 Å². The van der Waals surface area contributed by atoms with Crippen LogP contribution in [-0.4, -0.2) is 40.4 Å². The molecule has 0 spiro atoms. The first-order chi connectivity index (χ1) is 9.54. The Bertz CT molecular complexity index is 563. The van der Waals surface area contributed by atoms with Crippen molar-refractivity contribution in [3.8, 4) is 11.8 Å². The van der Waals surface area contributed by atoms with Crippen molar-refractivity contribution in [3.05, 3.63) is 35.1 Å². The van der Waals surface area contributed by atoms with Gasteiger partial charge in [-0.25, -0.2) is 4.39 Å². The lowest BCUT2D eigenvalue weighted by molar-refractivity contribution is 0.0953. The highest BCUT2D eigenvalue weighted by Gasteiger charge is 2.11. The Morgan fingerprint density at radius 3 is 2.90 bits per heavy atom. The van der Waals surface area contributed by atoms with Gasteiger partial charge in [-0.15, -0.1) is 0 Å². The maximum Gasteiger partial charge on any atom is 0.252 e. The molecule has 1 atom stereocenters. The van der Waals surface area contributed by atoms with Crippen LogP contribution >= 0.6 is 0 Å². The molecule has 4 nitrogen and oxygen atoms in total. The third-order valence-electron chi connectivity index (χ3n) is 2.42. The molecule has 1 amide bonds. The lowest BCUT2D eigenvalue weighted by Gasteiger charge is -2.07. The molecule has 0 aliphatic rings. The molecule has 2 N–H and O–H groups in total. The van der Waals surface area contributed by atoms with Crippen molar-refractivity contribution in [3.63, 3.8) is 0 Å². The number of aliphatic hydroxyl groups is 1. The largest absolute Gasteiger partial charge is 0.384 e. The number of benzene rings is 1. The second-order valence-electron chi connectivity index (χ2n) is 4.04. The Kier molecular flexibility index (Phi) is 6.91. The number of aliphatic hydroxyl groups excluding tert-OH is 1. The molecule has 0 radical (unpaired) electrons. The third-order valence-corrected chi connectivity index (χ3v) is 3.29. The van der Waals surface area contributed by atoms with Crippen LogP contribution in [0.4, 0.5) is 4.39 Å². The van der Waals surface area contributed by atoms with Crippen LogP contribution in [0.15, 0.2) is 18.2 Å². The predicted octanol–water partition coefficient (Wildman–Crippen LogP) is 0.668. The van der Waals surface area contributed by atoms with E-state index in [9.17, 15) is 13.4 Å². The van der Waals surface area contributed by atoms with E-state index < -0.39 is 22.5 Å². The van der Waals surface area contributed by atoms with Gasteiger partial charge in [0.25, 0.3) is 5.91 Å². The molecule has 0 heterocycles. The Balaban J connectivity index is 2.75. The summed E-state index contributed by atoms with van der Waals surface area (Å²) in [5.74, 6) is 4.56. The molecule has 108 valence electrons. The first kappa shape index (κ1) is 16.3. The Morgan fingerprint density at radius 2 is 2.25 bits per heavy atom. The van der Waals surface area contributed by atoms with Gasteiger partial charge in [-0.1, -0.05) is 11.8 Å². The minimum Gasteiger partial charge on any atom is -0.384 e. The first-order valence-electron chi connectivity index (χ1n) is 6.02. The molecule has 20 heavy (non-hydrogen) atoms. The van der Waals surface area contributed by atoms with Crippen LogP contribution in [0.5, 0.6) is 0 Å². The third kappa shape index (κ3) is 5.51. The minimum absolute atomic E-state index is 0.128. The Morgan fingerprint density at radius 1 is 1.50 bits per heavy atom. The molecule has 0 bridgehead atoms. The SMILES string of the molecule is CS(=O)CCCNC(=O)c1cc(F)ccc1C#CCO. The number of carbonyl (C=O) groups excluding carboxylic acids is 1. The number of halogens is 1. The maximum atomic E-state index is 13.2. The summed E-state index contributed by atoms with van der Waals surface area (Å²) >= 11 is 0. The summed E-state index contributed by atoms with van der Waals surface area (Å²) in [6.45, 7) is 0.0303. The first-order valence-corrected chi connectivity index (χ1v) is 7.75. The second-order valence-corrected chi connectivity index (χ2v) is 5.59. The van der Waals surface area contributed by atoms with Crippen LogP contribution in [0.1, 0.15) is 22.3 Å². The van der Waals surface area contributed by atoms with Gasteiger partial charge in [0, 0.05) is 34.9 Å². The van der Waals surface area contributed by atoms with E-state index in [0.717, 1.165) is 6.07 Å². The number of hydrogen-bond donors (Lipinski definition) is 2. The summed E-state index contributed by atoms with van der Waals surface area (Å²) in [5, 5.41) is 11.3. The smallest absolute Gasteiger partial charge is 0.252 e. The molecule has 0 aliphatic carbocycles. The van der Waals surface area contributed by atoms with Crippen molar-refractivity contribution in [2.24, 2.45) is 0 Å². The number of rotatable bonds is 5. The topological polar surface area (TPSA) is 66.4 Å². The van der Waals surface area contributed by atoms with Crippen LogP contribution in [-0.2, 0) is 10.8 Å². The van der Waals surface area contributed by atoms with E-state index in [-0.39, 0.29) is 12.2 Å². The van der Waals surface area contributed by atoms with Gasteiger partial charge in [0.1, 0.15) is 12.4 Å². The Labute approximate surface area is 119 Å². The maximum absolute atomic E-state index is 13.2. The standard InChI is InChI=1S/C14H16FNO3S/c1-20(19)9-3-7-16-14(18)13-10-12(15)6-5-11(13)4-2-8-17/h5-6,10,17H,3,7-9H2,1H3,(H,16,18). The summed E-state index contributed by atoms with van der Waals surface area (Å²) < 4.78 is 24.1. The van der Waals surface area contributed by atoms with Gasteiger partial charge in [-0.05, 0) is 24.6 Å². The zero-order valence-corrected chi connectivity index (χ0v) is 11.9. The van der Waals surface area contributed by atoms with Gasteiger partial charge >= 0.3 is 0 Å². The fourth-order valence-electron chi connectivity index (χ4n) is 1.52. The van der Waals surface area contributed by atoms with E-state index >= 15 is 0 Å². The van der Waals surface area contributed by atoms with Gasteiger partial charge in [-0.2, -0.15) is 0 Å². The molecular weight excluding hydrogens is 281 g/mol.